The molecule has 22 heavy (non-hydrogen) atoms. The number of hydrogen-bond acceptors (Lipinski definition) is 6. The summed E-state index contributed by atoms with van der Waals surface area (Å²) in [4.78, 5) is 24.2. The highest BCUT2D eigenvalue weighted by molar-refractivity contribution is 9.10. The Labute approximate surface area is 139 Å². The number of esters is 1. The molecule has 2 heterocycles. The van der Waals surface area contributed by atoms with Crippen LogP contribution in [0, 0.1) is 0 Å². The lowest BCUT2D eigenvalue weighted by molar-refractivity contribution is -0.125. The highest BCUT2D eigenvalue weighted by Gasteiger charge is 2.31. The molecule has 1 aromatic carbocycles. The minimum Gasteiger partial charge on any atom is -0.448 e. The van der Waals surface area contributed by atoms with Gasteiger partial charge in [-0.15, -0.1) is 10.2 Å². The SMILES string of the molecule is CCc1nnc(NC(=O)C2Cc3cc(Br)ccc3C(=O)O2)s1. The second-order valence-electron chi connectivity index (χ2n) is 4.74. The Kier molecular flexibility index (Phi) is 4.21. The first-order valence-electron chi connectivity index (χ1n) is 6.69. The summed E-state index contributed by atoms with van der Waals surface area (Å²) in [7, 11) is 0. The molecule has 2 aromatic rings. The zero-order valence-electron chi connectivity index (χ0n) is 11.6. The van der Waals surface area contributed by atoms with Gasteiger partial charge in [0.25, 0.3) is 5.91 Å². The average Bonchev–Trinajstić information content (AvgIpc) is 2.94. The van der Waals surface area contributed by atoms with Crippen molar-refractivity contribution >= 4 is 44.3 Å². The molecule has 1 aliphatic heterocycles. The van der Waals surface area contributed by atoms with Gasteiger partial charge in [-0.05, 0) is 30.2 Å². The lowest BCUT2D eigenvalue weighted by Crippen LogP contribution is -2.38. The number of rotatable bonds is 3. The average molecular weight is 382 g/mol. The number of fused-ring (bicyclic) bond motifs is 1. The number of anilines is 1. The van der Waals surface area contributed by atoms with Gasteiger partial charge in [-0.2, -0.15) is 0 Å². The van der Waals surface area contributed by atoms with Crippen molar-refractivity contribution in [3.8, 4) is 0 Å². The van der Waals surface area contributed by atoms with Crippen LogP contribution < -0.4 is 5.32 Å². The maximum Gasteiger partial charge on any atom is 0.339 e. The van der Waals surface area contributed by atoms with Crippen molar-refractivity contribution in [2.45, 2.75) is 25.9 Å². The number of nitrogens with one attached hydrogen (secondary N) is 1. The molecule has 1 N–H and O–H groups in total. The summed E-state index contributed by atoms with van der Waals surface area (Å²) in [5, 5.41) is 11.7. The molecule has 0 aliphatic carbocycles. The van der Waals surface area contributed by atoms with E-state index in [1.165, 1.54) is 11.3 Å². The van der Waals surface area contributed by atoms with Crippen molar-refractivity contribution in [2.24, 2.45) is 0 Å². The summed E-state index contributed by atoms with van der Waals surface area (Å²) >= 11 is 4.67. The Morgan fingerprint density at radius 2 is 2.32 bits per heavy atom. The zero-order chi connectivity index (χ0) is 15.7. The number of carbonyl (C=O) groups excluding carboxylic acids is 2. The monoisotopic (exact) mass is 381 g/mol. The van der Waals surface area contributed by atoms with Crippen LogP contribution in [-0.2, 0) is 22.4 Å². The van der Waals surface area contributed by atoms with E-state index in [1.807, 2.05) is 13.0 Å². The van der Waals surface area contributed by atoms with E-state index in [2.05, 4.69) is 31.4 Å². The van der Waals surface area contributed by atoms with Gasteiger partial charge in [-0.1, -0.05) is 34.2 Å². The first kappa shape index (κ1) is 15.1. The van der Waals surface area contributed by atoms with Crippen molar-refractivity contribution in [1.82, 2.24) is 10.2 Å². The third-order valence-corrected chi connectivity index (χ3v) is 4.71. The second kappa shape index (κ2) is 6.13. The molecule has 0 spiro atoms. The normalized spacial score (nSPS) is 16.8. The van der Waals surface area contributed by atoms with Crippen LogP contribution in [0.15, 0.2) is 22.7 Å². The van der Waals surface area contributed by atoms with E-state index in [9.17, 15) is 9.59 Å². The number of halogens is 1. The van der Waals surface area contributed by atoms with E-state index in [4.69, 9.17) is 4.74 Å². The van der Waals surface area contributed by atoms with Crippen LogP contribution in [0.1, 0.15) is 27.9 Å². The molecule has 1 atom stereocenters. The number of ether oxygens (including phenoxy) is 1. The molecular weight excluding hydrogens is 370 g/mol. The fourth-order valence-electron chi connectivity index (χ4n) is 2.14. The summed E-state index contributed by atoms with van der Waals surface area (Å²) in [5.41, 5.74) is 1.29. The van der Waals surface area contributed by atoms with E-state index < -0.39 is 18.0 Å². The molecule has 0 saturated carbocycles. The van der Waals surface area contributed by atoms with Crippen molar-refractivity contribution in [3.63, 3.8) is 0 Å². The van der Waals surface area contributed by atoms with Crippen LogP contribution in [0.25, 0.3) is 0 Å². The van der Waals surface area contributed by atoms with Gasteiger partial charge < -0.3 is 4.74 Å². The van der Waals surface area contributed by atoms with E-state index in [1.54, 1.807) is 12.1 Å². The van der Waals surface area contributed by atoms with E-state index in [0.29, 0.717) is 17.1 Å². The van der Waals surface area contributed by atoms with Gasteiger partial charge in [-0.25, -0.2) is 4.79 Å². The number of hydrogen-bond donors (Lipinski definition) is 1. The molecule has 114 valence electrons. The lowest BCUT2D eigenvalue weighted by Gasteiger charge is -2.23. The van der Waals surface area contributed by atoms with Crippen molar-refractivity contribution < 1.29 is 14.3 Å². The summed E-state index contributed by atoms with van der Waals surface area (Å²) in [6, 6.07) is 5.29. The van der Waals surface area contributed by atoms with Gasteiger partial charge in [-0.3, -0.25) is 10.1 Å². The number of carbonyl (C=O) groups is 2. The summed E-state index contributed by atoms with van der Waals surface area (Å²) < 4.78 is 6.07. The molecule has 6 nitrogen and oxygen atoms in total. The Balaban J connectivity index is 1.75. The number of cyclic esters (lactones) is 1. The quantitative estimate of drug-likeness (QED) is 0.826. The topological polar surface area (TPSA) is 81.2 Å². The molecule has 0 fully saturated rings. The smallest absolute Gasteiger partial charge is 0.339 e. The molecule has 0 bridgehead atoms. The third-order valence-electron chi connectivity index (χ3n) is 3.23. The van der Waals surface area contributed by atoms with Gasteiger partial charge >= 0.3 is 5.97 Å². The number of aryl methyl sites for hydroxylation is 1. The highest BCUT2D eigenvalue weighted by atomic mass is 79.9. The van der Waals surface area contributed by atoms with Gasteiger partial charge in [0.05, 0.1) is 5.56 Å². The fraction of sp³-hybridized carbons (Fsp3) is 0.286. The standard InChI is InChI=1S/C14H12BrN3O3S/c1-2-11-17-18-14(22-11)16-12(19)10-6-7-5-8(15)3-4-9(7)13(20)21-10/h3-5,10H,2,6H2,1H3,(H,16,18,19). The Hall–Kier alpha value is -1.80. The Morgan fingerprint density at radius 3 is 3.05 bits per heavy atom. The van der Waals surface area contributed by atoms with Gasteiger partial charge in [0.15, 0.2) is 6.10 Å². The zero-order valence-corrected chi connectivity index (χ0v) is 14.0. The lowest BCUT2D eigenvalue weighted by atomic mass is 9.98. The number of amides is 1. The van der Waals surface area contributed by atoms with Crippen molar-refractivity contribution in [3.05, 3.63) is 38.8 Å². The van der Waals surface area contributed by atoms with E-state index in [0.717, 1.165) is 21.5 Å². The molecular formula is C14H12BrN3O3S. The van der Waals surface area contributed by atoms with Crippen LogP contribution >= 0.6 is 27.3 Å². The minimum atomic E-state index is -0.858. The fourth-order valence-corrected chi connectivity index (χ4v) is 3.23. The van der Waals surface area contributed by atoms with E-state index in [-0.39, 0.29) is 0 Å². The first-order chi connectivity index (χ1) is 10.6. The molecule has 1 aliphatic rings. The predicted molar refractivity (Wildman–Crippen MR) is 85.0 cm³/mol. The maximum atomic E-state index is 12.2. The van der Waals surface area contributed by atoms with E-state index >= 15 is 0 Å². The minimum absolute atomic E-state index is 0.339. The van der Waals surface area contributed by atoms with Crippen LogP contribution in [0.2, 0.25) is 0 Å². The maximum absolute atomic E-state index is 12.2. The molecule has 0 radical (unpaired) electrons. The van der Waals surface area contributed by atoms with Crippen molar-refractivity contribution in [2.75, 3.05) is 5.32 Å². The van der Waals surface area contributed by atoms with Crippen LogP contribution in [0.3, 0.4) is 0 Å². The van der Waals surface area contributed by atoms with Crippen molar-refractivity contribution in [1.29, 1.82) is 0 Å². The molecule has 1 unspecified atom stereocenters. The predicted octanol–water partition coefficient (Wildman–Crippen LogP) is 2.58. The number of aromatic nitrogens is 2. The van der Waals surface area contributed by atoms with Gasteiger partial charge in [0.1, 0.15) is 5.01 Å². The summed E-state index contributed by atoms with van der Waals surface area (Å²) in [6.07, 6.45) is 0.238. The molecule has 1 aromatic heterocycles. The largest absolute Gasteiger partial charge is 0.448 e. The van der Waals surface area contributed by atoms with Crippen LogP contribution in [0.5, 0.6) is 0 Å². The van der Waals surface area contributed by atoms with Crippen LogP contribution in [-0.4, -0.2) is 28.2 Å². The third kappa shape index (κ3) is 3.02. The molecule has 3 rings (SSSR count). The summed E-state index contributed by atoms with van der Waals surface area (Å²) in [6.45, 7) is 1.96. The molecule has 0 saturated heterocycles. The Bertz CT molecular complexity index is 747. The first-order valence-corrected chi connectivity index (χ1v) is 8.30. The molecule has 1 amide bonds. The molecule has 8 heteroatoms. The number of benzene rings is 1. The second-order valence-corrected chi connectivity index (χ2v) is 6.72. The number of nitrogens with zero attached hydrogens (tertiary/aromatic N) is 2. The Morgan fingerprint density at radius 1 is 1.50 bits per heavy atom. The summed E-state index contributed by atoms with van der Waals surface area (Å²) in [5.74, 6) is -0.877. The van der Waals surface area contributed by atoms with Gasteiger partial charge in [0, 0.05) is 10.9 Å². The van der Waals surface area contributed by atoms with Gasteiger partial charge in [0.2, 0.25) is 5.13 Å². The van der Waals surface area contributed by atoms with Crippen LogP contribution in [0.4, 0.5) is 5.13 Å². The highest BCUT2D eigenvalue weighted by Crippen LogP contribution is 2.25.